The Hall–Kier alpha value is 0.140. The van der Waals surface area contributed by atoms with E-state index < -0.39 is 0 Å². The minimum atomic E-state index is 0.690. The summed E-state index contributed by atoms with van der Waals surface area (Å²) in [7, 11) is 0. The van der Waals surface area contributed by atoms with Gasteiger partial charge in [-0.1, -0.05) is 32.3 Å². The molecule has 1 nitrogen and oxygen atoms in total. The van der Waals surface area contributed by atoms with Gasteiger partial charge in [0.25, 0.3) is 0 Å². The highest BCUT2D eigenvalue weighted by Gasteiger charge is 2.19. The van der Waals surface area contributed by atoms with E-state index in [9.17, 15) is 0 Å². The highest BCUT2D eigenvalue weighted by molar-refractivity contribution is 9.13. The topological polar surface area (TPSA) is 12.0 Å². The van der Waals surface area contributed by atoms with Crippen LogP contribution in [0, 0.1) is 5.92 Å². The quantitative estimate of drug-likeness (QED) is 0.710. The first kappa shape index (κ1) is 14.5. The molecule has 2 rings (SSSR count). The molecule has 0 aromatic heterocycles. The predicted molar refractivity (Wildman–Crippen MR) is 84.7 cm³/mol. The van der Waals surface area contributed by atoms with E-state index in [4.69, 9.17) is 0 Å². The molecule has 0 saturated heterocycles. The van der Waals surface area contributed by atoms with Crippen LogP contribution in [-0.2, 0) is 6.54 Å². The fraction of sp³-hybridized carbons (Fsp3) is 0.600. The Morgan fingerprint density at radius 3 is 2.67 bits per heavy atom. The summed E-state index contributed by atoms with van der Waals surface area (Å²) in [5.41, 5.74) is 1.35. The third-order valence-corrected chi connectivity index (χ3v) is 5.79. The Morgan fingerprint density at radius 1 is 1.11 bits per heavy atom. The van der Waals surface area contributed by atoms with Gasteiger partial charge in [-0.05, 0) is 68.3 Å². The maximum absolute atomic E-state index is 3.74. The summed E-state index contributed by atoms with van der Waals surface area (Å²) in [5, 5.41) is 3.74. The molecule has 18 heavy (non-hydrogen) atoms. The first-order valence-electron chi connectivity index (χ1n) is 6.84. The van der Waals surface area contributed by atoms with Gasteiger partial charge in [-0.2, -0.15) is 0 Å². The molecule has 1 aromatic rings. The Labute approximate surface area is 127 Å². The lowest BCUT2D eigenvalue weighted by Gasteiger charge is -2.23. The summed E-state index contributed by atoms with van der Waals surface area (Å²) in [4.78, 5) is 0. The number of nitrogens with one attached hydrogen (secondary N) is 1. The molecule has 0 radical (unpaired) electrons. The molecule has 0 heterocycles. The van der Waals surface area contributed by atoms with Crippen LogP contribution in [0.1, 0.15) is 44.6 Å². The van der Waals surface area contributed by atoms with Gasteiger partial charge in [-0.3, -0.25) is 0 Å². The first-order chi connectivity index (χ1) is 8.66. The number of rotatable bonds is 3. The molecule has 0 amide bonds. The van der Waals surface area contributed by atoms with Crippen LogP contribution in [0.5, 0.6) is 0 Å². The van der Waals surface area contributed by atoms with E-state index in [1.165, 1.54) is 37.7 Å². The van der Waals surface area contributed by atoms with Crippen LogP contribution in [0.4, 0.5) is 0 Å². The van der Waals surface area contributed by atoms with Crippen molar-refractivity contribution in [3.05, 3.63) is 32.7 Å². The second-order valence-corrected chi connectivity index (χ2v) is 7.06. The average Bonchev–Trinajstić information content (AvgIpc) is 2.56. The maximum Gasteiger partial charge on any atom is 0.0320 e. The lowest BCUT2D eigenvalue weighted by Crippen LogP contribution is -2.33. The van der Waals surface area contributed by atoms with E-state index in [1.807, 2.05) is 0 Å². The van der Waals surface area contributed by atoms with Gasteiger partial charge >= 0.3 is 0 Å². The SMILES string of the molecule is CC1CCCCCC1NCc1ccc(Br)c(Br)c1. The van der Waals surface area contributed by atoms with Crippen LogP contribution in [0.25, 0.3) is 0 Å². The molecule has 0 bridgehead atoms. The lowest BCUT2D eigenvalue weighted by molar-refractivity contribution is 0.356. The van der Waals surface area contributed by atoms with Crippen molar-refractivity contribution in [3.8, 4) is 0 Å². The Kier molecular flexibility index (Phi) is 5.71. The van der Waals surface area contributed by atoms with Crippen molar-refractivity contribution in [2.45, 2.75) is 51.6 Å². The smallest absolute Gasteiger partial charge is 0.0320 e. The van der Waals surface area contributed by atoms with Crippen molar-refractivity contribution in [2.75, 3.05) is 0 Å². The number of benzene rings is 1. The Balaban J connectivity index is 1.91. The van der Waals surface area contributed by atoms with Crippen molar-refractivity contribution in [2.24, 2.45) is 5.92 Å². The third kappa shape index (κ3) is 4.07. The monoisotopic (exact) mass is 373 g/mol. The second kappa shape index (κ2) is 7.06. The lowest BCUT2D eigenvalue weighted by atomic mass is 9.97. The normalized spacial score (nSPS) is 24.8. The zero-order chi connectivity index (χ0) is 13.0. The van der Waals surface area contributed by atoms with Crippen molar-refractivity contribution < 1.29 is 0 Å². The van der Waals surface area contributed by atoms with Crippen LogP contribution >= 0.6 is 31.9 Å². The zero-order valence-electron chi connectivity index (χ0n) is 10.9. The summed E-state index contributed by atoms with van der Waals surface area (Å²) in [5.74, 6) is 0.811. The van der Waals surface area contributed by atoms with Gasteiger partial charge < -0.3 is 5.32 Å². The fourth-order valence-corrected chi connectivity index (χ4v) is 3.37. The summed E-state index contributed by atoms with van der Waals surface area (Å²) < 4.78 is 2.25. The molecule has 3 heteroatoms. The van der Waals surface area contributed by atoms with Crippen LogP contribution < -0.4 is 5.32 Å². The van der Waals surface area contributed by atoms with Gasteiger partial charge in [0, 0.05) is 21.5 Å². The standard InChI is InChI=1S/C15H21Br2N/c1-11-5-3-2-4-6-15(11)18-10-12-7-8-13(16)14(17)9-12/h7-9,11,15,18H,2-6,10H2,1H3. The van der Waals surface area contributed by atoms with E-state index in [2.05, 4.69) is 62.3 Å². The molecule has 2 atom stereocenters. The van der Waals surface area contributed by atoms with Gasteiger partial charge in [0.1, 0.15) is 0 Å². The third-order valence-electron chi connectivity index (χ3n) is 3.91. The van der Waals surface area contributed by atoms with Crippen LogP contribution in [-0.4, -0.2) is 6.04 Å². The van der Waals surface area contributed by atoms with Crippen molar-refractivity contribution in [1.29, 1.82) is 0 Å². The van der Waals surface area contributed by atoms with Crippen LogP contribution in [0.2, 0.25) is 0 Å². The summed E-state index contributed by atoms with van der Waals surface area (Å²) >= 11 is 7.07. The van der Waals surface area contributed by atoms with E-state index in [-0.39, 0.29) is 0 Å². The minimum Gasteiger partial charge on any atom is -0.310 e. The molecule has 1 aromatic carbocycles. The predicted octanol–water partition coefficient (Wildman–Crippen LogP) is 5.27. The molecular formula is C15H21Br2N. The van der Waals surface area contributed by atoms with Gasteiger partial charge in [-0.25, -0.2) is 0 Å². The van der Waals surface area contributed by atoms with Crippen LogP contribution in [0.15, 0.2) is 27.1 Å². The van der Waals surface area contributed by atoms with Crippen molar-refractivity contribution >= 4 is 31.9 Å². The maximum atomic E-state index is 3.74. The average molecular weight is 375 g/mol. The Morgan fingerprint density at radius 2 is 1.89 bits per heavy atom. The summed E-state index contributed by atoms with van der Waals surface area (Å²) in [6.45, 7) is 3.36. The van der Waals surface area contributed by atoms with Crippen molar-refractivity contribution in [1.82, 2.24) is 5.32 Å². The van der Waals surface area contributed by atoms with E-state index >= 15 is 0 Å². The van der Waals surface area contributed by atoms with Gasteiger partial charge in [-0.15, -0.1) is 0 Å². The molecule has 0 spiro atoms. The molecule has 1 aliphatic rings. The summed E-state index contributed by atoms with van der Waals surface area (Å²) in [6, 6.07) is 7.18. The highest BCUT2D eigenvalue weighted by Crippen LogP contribution is 2.25. The van der Waals surface area contributed by atoms with Gasteiger partial charge in [0.15, 0.2) is 0 Å². The second-order valence-electron chi connectivity index (χ2n) is 5.35. The molecule has 1 saturated carbocycles. The molecule has 1 fully saturated rings. The molecule has 2 unspecified atom stereocenters. The van der Waals surface area contributed by atoms with Crippen LogP contribution in [0.3, 0.4) is 0 Å². The summed E-state index contributed by atoms with van der Waals surface area (Å²) in [6.07, 6.45) is 6.90. The molecule has 1 aliphatic carbocycles. The molecule has 0 aliphatic heterocycles. The highest BCUT2D eigenvalue weighted by atomic mass is 79.9. The number of hydrogen-bond donors (Lipinski definition) is 1. The molecule has 1 N–H and O–H groups in total. The van der Waals surface area contributed by atoms with Gasteiger partial charge in [0.05, 0.1) is 0 Å². The molecular weight excluding hydrogens is 354 g/mol. The first-order valence-corrected chi connectivity index (χ1v) is 8.42. The largest absolute Gasteiger partial charge is 0.310 e. The number of halogens is 2. The van der Waals surface area contributed by atoms with E-state index in [0.717, 1.165) is 21.4 Å². The van der Waals surface area contributed by atoms with E-state index in [1.54, 1.807) is 0 Å². The molecule has 100 valence electrons. The minimum absolute atomic E-state index is 0.690. The number of hydrogen-bond acceptors (Lipinski definition) is 1. The Bertz CT molecular complexity index is 392. The fourth-order valence-electron chi connectivity index (χ4n) is 2.69. The van der Waals surface area contributed by atoms with Gasteiger partial charge in [0.2, 0.25) is 0 Å². The van der Waals surface area contributed by atoms with Crippen molar-refractivity contribution in [3.63, 3.8) is 0 Å². The van der Waals surface area contributed by atoms with E-state index in [0.29, 0.717) is 6.04 Å². The zero-order valence-corrected chi connectivity index (χ0v) is 14.1.